The summed E-state index contributed by atoms with van der Waals surface area (Å²) in [4.78, 5) is 12.3. The predicted molar refractivity (Wildman–Crippen MR) is 67.8 cm³/mol. The molecule has 0 amide bonds. The van der Waals surface area contributed by atoms with Crippen LogP contribution >= 0.6 is 11.8 Å². The first kappa shape index (κ1) is 13.1. The second kappa shape index (κ2) is 7.34. The molecule has 1 aromatic rings. The summed E-state index contributed by atoms with van der Waals surface area (Å²) in [6.07, 6.45) is 2.40. The maximum Gasteiger partial charge on any atom is 0.305 e. The number of hydrogen-bond acceptors (Lipinski definition) is 3. The zero-order valence-corrected chi connectivity index (χ0v) is 10.7. The molecule has 1 rings (SSSR count). The molecule has 0 N–H and O–H groups in total. The summed E-state index contributed by atoms with van der Waals surface area (Å²) < 4.78 is 4.61. The molecule has 0 spiro atoms. The summed E-state index contributed by atoms with van der Waals surface area (Å²) in [5, 5.41) is 0. The van der Waals surface area contributed by atoms with Gasteiger partial charge in [0.2, 0.25) is 0 Å². The van der Waals surface area contributed by atoms with E-state index in [2.05, 4.69) is 35.9 Å². The molecular formula is C13H18O2S. The summed E-state index contributed by atoms with van der Waals surface area (Å²) in [5.74, 6) is 1.01. The van der Waals surface area contributed by atoms with E-state index < -0.39 is 0 Å². The molecule has 0 aromatic heterocycles. The smallest absolute Gasteiger partial charge is 0.305 e. The summed E-state index contributed by atoms with van der Waals surface area (Å²) in [7, 11) is 1.42. The number of hydrogen-bond donors (Lipinski definition) is 0. The van der Waals surface area contributed by atoms with Gasteiger partial charge in [-0.3, -0.25) is 4.79 Å². The van der Waals surface area contributed by atoms with E-state index >= 15 is 0 Å². The van der Waals surface area contributed by atoms with Gasteiger partial charge in [-0.15, -0.1) is 11.8 Å². The maximum absolute atomic E-state index is 11.0. The average molecular weight is 238 g/mol. The molecule has 1 aromatic carbocycles. The topological polar surface area (TPSA) is 26.3 Å². The molecule has 2 nitrogen and oxygen atoms in total. The molecule has 88 valence electrons. The predicted octanol–water partition coefficient (Wildman–Crippen LogP) is 3.29. The van der Waals surface area contributed by atoms with Crippen LogP contribution in [-0.4, -0.2) is 18.8 Å². The van der Waals surface area contributed by atoms with Crippen LogP contribution in [0.3, 0.4) is 0 Å². The van der Waals surface area contributed by atoms with E-state index in [4.69, 9.17) is 0 Å². The third-order valence-corrected chi connectivity index (χ3v) is 3.46. The fourth-order valence-corrected chi connectivity index (χ4v) is 2.09. The van der Waals surface area contributed by atoms with Crippen LogP contribution in [0.4, 0.5) is 0 Å². The highest BCUT2D eigenvalue weighted by atomic mass is 32.2. The van der Waals surface area contributed by atoms with Gasteiger partial charge >= 0.3 is 5.97 Å². The Bertz CT molecular complexity index is 319. The minimum Gasteiger partial charge on any atom is -0.469 e. The van der Waals surface area contributed by atoms with Crippen molar-refractivity contribution in [3.63, 3.8) is 0 Å². The van der Waals surface area contributed by atoms with Gasteiger partial charge in [0, 0.05) is 11.3 Å². The lowest BCUT2D eigenvalue weighted by Crippen LogP contribution is -2.01. The highest BCUT2D eigenvalue weighted by molar-refractivity contribution is 7.99. The van der Waals surface area contributed by atoms with Crippen molar-refractivity contribution in [3.8, 4) is 0 Å². The van der Waals surface area contributed by atoms with Crippen LogP contribution in [0.1, 0.15) is 25.3 Å². The van der Waals surface area contributed by atoms with Gasteiger partial charge in [-0.25, -0.2) is 0 Å². The number of methoxy groups -OCH3 is 1. The van der Waals surface area contributed by atoms with Gasteiger partial charge in [0.05, 0.1) is 7.11 Å². The van der Waals surface area contributed by atoms with Crippen LogP contribution in [0.25, 0.3) is 0 Å². The largest absolute Gasteiger partial charge is 0.469 e. The average Bonchev–Trinajstić information content (AvgIpc) is 2.34. The number of carbonyl (C=O) groups is 1. The Labute approximate surface area is 101 Å². The quantitative estimate of drug-likeness (QED) is 0.562. The van der Waals surface area contributed by atoms with E-state index in [1.807, 2.05) is 11.8 Å². The second-order valence-electron chi connectivity index (χ2n) is 3.57. The number of ether oxygens (including phenoxy) is 1. The minimum atomic E-state index is -0.149. The SMILES string of the molecule is CCCSc1ccc(CCC(=O)OC)cc1. The zero-order valence-electron chi connectivity index (χ0n) is 9.86. The lowest BCUT2D eigenvalue weighted by molar-refractivity contribution is -0.140. The molecular weight excluding hydrogens is 220 g/mol. The lowest BCUT2D eigenvalue weighted by atomic mass is 10.1. The zero-order chi connectivity index (χ0) is 11.8. The monoisotopic (exact) mass is 238 g/mol. The number of carbonyl (C=O) groups excluding carboxylic acids is 1. The third-order valence-electron chi connectivity index (χ3n) is 2.24. The first-order valence-electron chi connectivity index (χ1n) is 5.54. The fraction of sp³-hybridized carbons (Fsp3) is 0.462. The molecule has 0 aliphatic rings. The molecule has 0 saturated heterocycles. The first-order valence-corrected chi connectivity index (χ1v) is 6.53. The van der Waals surface area contributed by atoms with Gasteiger partial charge < -0.3 is 4.74 Å². The highest BCUT2D eigenvalue weighted by Crippen LogP contribution is 2.19. The van der Waals surface area contributed by atoms with Crippen molar-refractivity contribution in [3.05, 3.63) is 29.8 Å². The Kier molecular flexibility index (Phi) is 6.01. The van der Waals surface area contributed by atoms with E-state index in [0.717, 1.165) is 12.2 Å². The number of esters is 1. The van der Waals surface area contributed by atoms with Gasteiger partial charge in [0.1, 0.15) is 0 Å². The van der Waals surface area contributed by atoms with Gasteiger partial charge in [-0.05, 0) is 36.3 Å². The number of benzene rings is 1. The van der Waals surface area contributed by atoms with Gasteiger partial charge in [-0.1, -0.05) is 19.1 Å². The minimum absolute atomic E-state index is 0.149. The number of thioether (sulfide) groups is 1. The number of aryl methyl sites for hydroxylation is 1. The molecule has 3 heteroatoms. The Morgan fingerprint density at radius 3 is 2.56 bits per heavy atom. The standard InChI is InChI=1S/C13H18O2S/c1-3-10-16-12-7-4-11(5-8-12)6-9-13(14)15-2/h4-5,7-8H,3,6,9-10H2,1-2H3. The Morgan fingerprint density at radius 2 is 2.00 bits per heavy atom. The van der Waals surface area contributed by atoms with Crippen LogP contribution in [-0.2, 0) is 16.0 Å². The number of rotatable bonds is 6. The lowest BCUT2D eigenvalue weighted by Gasteiger charge is -2.03. The van der Waals surface area contributed by atoms with Gasteiger partial charge in [0.25, 0.3) is 0 Å². The molecule has 0 heterocycles. The summed E-state index contributed by atoms with van der Waals surface area (Å²) >= 11 is 1.87. The van der Waals surface area contributed by atoms with E-state index in [1.54, 1.807) is 0 Å². The van der Waals surface area contributed by atoms with Crippen molar-refractivity contribution in [2.45, 2.75) is 31.1 Å². The van der Waals surface area contributed by atoms with Crippen LogP contribution in [0, 0.1) is 0 Å². The molecule has 0 bridgehead atoms. The molecule has 0 atom stereocenters. The molecule has 0 aliphatic carbocycles. The van der Waals surface area contributed by atoms with Crippen LogP contribution in [0.5, 0.6) is 0 Å². The second-order valence-corrected chi connectivity index (χ2v) is 4.74. The first-order chi connectivity index (χ1) is 7.76. The third kappa shape index (κ3) is 4.71. The fourth-order valence-electron chi connectivity index (χ4n) is 1.32. The molecule has 0 aliphatic heterocycles. The van der Waals surface area contributed by atoms with Crippen LogP contribution < -0.4 is 0 Å². The maximum atomic E-state index is 11.0. The molecule has 0 radical (unpaired) electrons. The normalized spacial score (nSPS) is 10.1. The van der Waals surface area contributed by atoms with Gasteiger partial charge in [0.15, 0.2) is 0 Å². The van der Waals surface area contributed by atoms with E-state index in [1.165, 1.54) is 24.0 Å². The Hall–Kier alpha value is -0.960. The van der Waals surface area contributed by atoms with Gasteiger partial charge in [-0.2, -0.15) is 0 Å². The van der Waals surface area contributed by atoms with Crippen LogP contribution in [0.2, 0.25) is 0 Å². The van der Waals surface area contributed by atoms with Crippen molar-refractivity contribution in [1.29, 1.82) is 0 Å². The molecule has 0 unspecified atom stereocenters. The summed E-state index contributed by atoms with van der Waals surface area (Å²) in [6, 6.07) is 8.40. The van der Waals surface area contributed by atoms with Crippen LogP contribution in [0.15, 0.2) is 29.2 Å². The van der Waals surface area contributed by atoms with Crippen molar-refractivity contribution in [2.24, 2.45) is 0 Å². The Morgan fingerprint density at radius 1 is 1.31 bits per heavy atom. The Balaban J connectivity index is 2.41. The summed E-state index contributed by atoms with van der Waals surface area (Å²) in [6.45, 7) is 2.18. The van der Waals surface area contributed by atoms with E-state index in [9.17, 15) is 4.79 Å². The van der Waals surface area contributed by atoms with Crippen molar-refractivity contribution < 1.29 is 9.53 Å². The van der Waals surface area contributed by atoms with Crippen molar-refractivity contribution in [2.75, 3.05) is 12.9 Å². The van der Waals surface area contributed by atoms with Crippen molar-refractivity contribution >= 4 is 17.7 Å². The summed E-state index contributed by atoms with van der Waals surface area (Å²) in [5.41, 5.74) is 1.19. The van der Waals surface area contributed by atoms with E-state index in [0.29, 0.717) is 6.42 Å². The van der Waals surface area contributed by atoms with E-state index in [-0.39, 0.29) is 5.97 Å². The molecule has 16 heavy (non-hydrogen) atoms. The molecule has 0 fully saturated rings. The molecule has 0 saturated carbocycles. The highest BCUT2D eigenvalue weighted by Gasteiger charge is 2.01. The van der Waals surface area contributed by atoms with Crippen molar-refractivity contribution in [1.82, 2.24) is 0 Å².